The van der Waals surface area contributed by atoms with Crippen LogP contribution in [0.1, 0.15) is 26.7 Å². The molecule has 0 aromatic heterocycles. The summed E-state index contributed by atoms with van der Waals surface area (Å²) in [6.45, 7) is 8.62. The molecule has 0 saturated heterocycles. The summed E-state index contributed by atoms with van der Waals surface area (Å²) >= 11 is 0. The molecule has 2 atom stereocenters. The molecule has 72 valence electrons. The van der Waals surface area contributed by atoms with E-state index in [4.69, 9.17) is 4.74 Å². The highest BCUT2D eigenvalue weighted by Gasteiger charge is 2.12. The topological polar surface area (TPSA) is 33.6 Å². The van der Waals surface area contributed by atoms with Gasteiger partial charge in [-0.05, 0) is 26.6 Å². The van der Waals surface area contributed by atoms with Crippen molar-refractivity contribution in [1.82, 2.24) is 5.32 Å². The van der Waals surface area contributed by atoms with Crippen molar-refractivity contribution in [3.05, 3.63) is 0 Å². The van der Waals surface area contributed by atoms with Crippen LogP contribution in [0.3, 0.4) is 0 Å². The molecule has 3 heteroatoms. The van der Waals surface area contributed by atoms with Crippen LogP contribution in [0.4, 0.5) is 0 Å². The quantitative estimate of drug-likeness (QED) is 0.358. The van der Waals surface area contributed by atoms with E-state index in [0.29, 0.717) is 0 Å². The molecule has 0 amide bonds. The third kappa shape index (κ3) is 4.46. The molecular weight excluding hydrogens is 152 g/mol. The third-order valence-electron chi connectivity index (χ3n) is 1.86. The molecule has 0 aliphatic carbocycles. The second-order valence-corrected chi connectivity index (χ2v) is 2.89. The van der Waals surface area contributed by atoms with Crippen molar-refractivity contribution >= 4 is 6.72 Å². The SMILES string of the molecule is C=NC(C)C(NCCCC)OC. The maximum absolute atomic E-state index is 5.20. The lowest BCUT2D eigenvalue weighted by molar-refractivity contribution is 0.0581. The summed E-state index contributed by atoms with van der Waals surface area (Å²) in [6, 6.07) is 0.117. The number of ether oxygens (including phenoxy) is 1. The van der Waals surface area contributed by atoms with E-state index in [0.717, 1.165) is 6.54 Å². The molecule has 0 aliphatic rings. The summed E-state index contributed by atoms with van der Waals surface area (Å²) in [7, 11) is 1.69. The summed E-state index contributed by atoms with van der Waals surface area (Å²) in [5.41, 5.74) is 0. The fourth-order valence-electron chi connectivity index (χ4n) is 0.968. The van der Waals surface area contributed by atoms with E-state index in [1.165, 1.54) is 12.8 Å². The van der Waals surface area contributed by atoms with Gasteiger partial charge in [-0.1, -0.05) is 13.3 Å². The predicted octanol–water partition coefficient (Wildman–Crippen LogP) is 1.44. The number of hydrogen-bond acceptors (Lipinski definition) is 3. The number of methoxy groups -OCH3 is 1. The first-order chi connectivity index (χ1) is 5.76. The van der Waals surface area contributed by atoms with E-state index in [9.17, 15) is 0 Å². The Kier molecular flexibility index (Phi) is 7.00. The predicted molar refractivity (Wildman–Crippen MR) is 52.7 cm³/mol. The van der Waals surface area contributed by atoms with Gasteiger partial charge in [-0.25, -0.2) is 0 Å². The van der Waals surface area contributed by atoms with Gasteiger partial charge in [0.05, 0.1) is 6.04 Å². The highest BCUT2D eigenvalue weighted by atomic mass is 16.5. The third-order valence-corrected chi connectivity index (χ3v) is 1.86. The first-order valence-electron chi connectivity index (χ1n) is 4.48. The van der Waals surface area contributed by atoms with Gasteiger partial charge < -0.3 is 4.74 Å². The average Bonchev–Trinajstić information content (AvgIpc) is 2.11. The largest absolute Gasteiger partial charge is 0.364 e. The normalized spacial score (nSPS) is 15.6. The van der Waals surface area contributed by atoms with Crippen LogP contribution in [0.5, 0.6) is 0 Å². The van der Waals surface area contributed by atoms with E-state index in [1.807, 2.05) is 6.92 Å². The van der Waals surface area contributed by atoms with Gasteiger partial charge in [0, 0.05) is 7.11 Å². The molecule has 1 N–H and O–H groups in total. The maximum Gasteiger partial charge on any atom is 0.130 e. The molecule has 0 spiro atoms. The van der Waals surface area contributed by atoms with Gasteiger partial charge in [-0.2, -0.15) is 0 Å². The highest BCUT2D eigenvalue weighted by Crippen LogP contribution is 1.98. The van der Waals surface area contributed by atoms with Crippen molar-refractivity contribution in [2.75, 3.05) is 13.7 Å². The van der Waals surface area contributed by atoms with Crippen LogP contribution < -0.4 is 5.32 Å². The number of unbranched alkanes of at least 4 members (excludes halogenated alkanes) is 1. The standard InChI is InChI=1S/C9H20N2O/c1-5-6-7-11-9(12-4)8(2)10-3/h8-9,11H,3,5-7H2,1-2,4H3. The van der Waals surface area contributed by atoms with Crippen molar-refractivity contribution in [2.24, 2.45) is 4.99 Å². The smallest absolute Gasteiger partial charge is 0.130 e. The lowest BCUT2D eigenvalue weighted by Crippen LogP contribution is -2.39. The molecule has 0 heterocycles. The Labute approximate surface area is 75.2 Å². The first-order valence-corrected chi connectivity index (χ1v) is 4.48. The summed E-state index contributed by atoms with van der Waals surface area (Å²) in [5.74, 6) is 0. The lowest BCUT2D eigenvalue weighted by Gasteiger charge is -2.20. The zero-order valence-corrected chi connectivity index (χ0v) is 8.34. The van der Waals surface area contributed by atoms with Crippen molar-refractivity contribution in [1.29, 1.82) is 0 Å². The van der Waals surface area contributed by atoms with E-state index in [1.54, 1.807) is 7.11 Å². The number of nitrogens with one attached hydrogen (secondary N) is 1. The Morgan fingerprint density at radius 3 is 2.67 bits per heavy atom. The van der Waals surface area contributed by atoms with Gasteiger partial charge in [0.15, 0.2) is 0 Å². The van der Waals surface area contributed by atoms with Crippen molar-refractivity contribution in [2.45, 2.75) is 39.0 Å². The number of aliphatic imine (C=N–C) groups is 1. The molecule has 0 fully saturated rings. The molecule has 0 saturated carbocycles. The minimum absolute atomic E-state index is 0.00838. The summed E-state index contributed by atoms with van der Waals surface area (Å²) in [4.78, 5) is 3.90. The Balaban J connectivity index is 3.59. The lowest BCUT2D eigenvalue weighted by atomic mass is 10.3. The maximum atomic E-state index is 5.20. The van der Waals surface area contributed by atoms with Crippen LogP contribution in [-0.4, -0.2) is 32.6 Å². The molecule has 0 aliphatic heterocycles. The van der Waals surface area contributed by atoms with Crippen LogP contribution in [0.2, 0.25) is 0 Å². The van der Waals surface area contributed by atoms with Crippen LogP contribution >= 0.6 is 0 Å². The second-order valence-electron chi connectivity index (χ2n) is 2.89. The molecule has 3 nitrogen and oxygen atoms in total. The Hall–Kier alpha value is -0.410. The summed E-state index contributed by atoms with van der Waals surface area (Å²) < 4.78 is 5.20. The zero-order chi connectivity index (χ0) is 9.40. The van der Waals surface area contributed by atoms with Crippen LogP contribution in [0.25, 0.3) is 0 Å². The van der Waals surface area contributed by atoms with Gasteiger partial charge in [0.2, 0.25) is 0 Å². The van der Waals surface area contributed by atoms with Gasteiger partial charge in [0.1, 0.15) is 6.23 Å². The monoisotopic (exact) mass is 172 g/mol. The van der Waals surface area contributed by atoms with Crippen molar-refractivity contribution in [3.8, 4) is 0 Å². The molecule has 0 bridgehead atoms. The van der Waals surface area contributed by atoms with Crippen LogP contribution in [0, 0.1) is 0 Å². The average molecular weight is 172 g/mol. The molecule has 2 unspecified atom stereocenters. The first kappa shape index (κ1) is 11.6. The number of nitrogens with zero attached hydrogens (tertiary/aromatic N) is 1. The minimum Gasteiger partial charge on any atom is -0.364 e. The Morgan fingerprint density at radius 1 is 1.58 bits per heavy atom. The van der Waals surface area contributed by atoms with Gasteiger partial charge in [-0.3, -0.25) is 10.3 Å². The van der Waals surface area contributed by atoms with Crippen molar-refractivity contribution in [3.63, 3.8) is 0 Å². The summed E-state index contributed by atoms with van der Waals surface area (Å²) in [6.07, 6.45) is 2.37. The van der Waals surface area contributed by atoms with Crippen LogP contribution in [0.15, 0.2) is 4.99 Å². The van der Waals surface area contributed by atoms with Gasteiger partial charge in [0.25, 0.3) is 0 Å². The fraction of sp³-hybridized carbons (Fsp3) is 0.889. The second kappa shape index (κ2) is 7.25. The van der Waals surface area contributed by atoms with Crippen molar-refractivity contribution < 1.29 is 4.74 Å². The van der Waals surface area contributed by atoms with E-state index < -0.39 is 0 Å². The van der Waals surface area contributed by atoms with Crippen LogP contribution in [-0.2, 0) is 4.74 Å². The molecular formula is C9H20N2O. The molecule has 0 aromatic rings. The van der Waals surface area contributed by atoms with E-state index >= 15 is 0 Å². The molecule has 0 radical (unpaired) electrons. The molecule has 0 aromatic carbocycles. The zero-order valence-electron chi connectivity index (χ0n) is 8.34. The number of rotatable bonds is 7. The minimum atomic E-state index is 0.00838. The van der Waals surface area contributed by atoms with E-state index in [2.05, 4.69) is 24.0 Å². The number of hydrogen-bond donors (Lipinski definition) is 1. The fourth-order valence-corrected chi connectivity index (χ4v) is 0.968. The Morgan fingerprint density at radius 2 is 2.25 bits per heavy atom. The van der Waals surface area contributed by atoms with E-state index in [-0.39, 0.29) is 12.3 Å². The molecule has 12 heavy (non-hydrogen) atoms. The van der Waals surface area contributed by atoms with Gasteiger partial charge in [-0.15, -0.1) is 0 Å². The molecule has 0 rings (SSSR count). The highest BCUT2D eigenvalue weighted by molar-refractivity contribution is 5.24. The Bertz CT molecular complexity index is 117. The summed E-state index contributed by atoms with van der Waals surface area (Å²) in [5, 5.41) is 3.27. The van der Waals surface area contributed by atoms with Gasteiger partial charge >= 0.3 is 0 Å².